The summed E-state index contributed by atoms with van der Waals surface area (Å²) in [4.78, 5) is 26.1. The highest BCUT2D eigenvalue weighted by molar-refractivity contribution is 5.96. The van der Waals surface area contributed by atoms with Gasteiger partial charge >= 0.3 is 0 Å². The van der Waals surface area contributed by atoms with Crippen LogP contribution in [0.1, 0.15) is 78.5 Å². The van der Waals surface area contributed by atoms with Crippen LogP contribution in [0.15, 0.2) is 31.0 Å². The summed E-state index contributed by atoms with van der Waals surface area (Å²) >= 11 is 0. The lowest BCUT2D eigenvalue weighted by atomic mass is 9.90. The van der Waals surface area contributed by atoms with Crippen LogP contribution in [0.4, 0.5) is 0 Å². The largest absolute Gasteiger partial charge is 0.348 e. The number of amides is 1. The molecule has 5 rings (SSSR count). The molecule has 1 fully saturated rings. The van der Waals surface area contributed by atoms with E-state index in [1.54, 1.807) is 10.8 Å². The minimum atomic E-state index is -0.118. The summed E-state index contributed by atoms with van der Waals surface area (Å²) in [6.45, 7) is 8.82. The predicted molar refractivity (Wildman–Crippen MR) is 137 cm³/mol. The van der Waals surface area contributed by atoms with E-state index in [-0.39, 0.29) is 17.9 Å². The highest BCUT2D eigenvalue weighted by Gasteiger charge is 2.27. The fourth-order valence-corrected chi connectivity index (χ4v) is 5.00. The van der Waals surface area contributed by atoms with Crippen molar-refractivity contribution in [2.24, 2.45) is 0 Å². The molecule has 188 valence electrons. The molecule has 10 heteroatoms. The van der Waals surface area contributed by atoms with Crippen LogP contribution >= 0.6 is 0 Å². The van der Waals surface area contributed by atoms with Gasteiger partial charge in [-0.15, -0.1) is 0 Å². The molecule has 4 heterocycles. The highest BCUT2D eigenvalue weighted by atomic mass is 16.2. The molecular weight excluding hydrogens is 454 g/mol. The topological polar surface area (TPSA) is 126 Å². The third-order valence-electron chi connectivity index (χ3n) is 6.94. The first-order chi connectivity index (χ1) is 17.4. The normalized spacial score (nSPS) is 18.1. The Morgan fingerprint density at radius 2 is 1.83 bits per heavy atom. The van der Waals surface area contributed by atoms with Gasteiger partial charge in [-0.2, -0.15) is 10.2 Å². The first-order valence-electron chi connectivity index (χ1n) is 12.6. The Morgan fingerprint density at radius 1 is 1.11 bits per heavy atom. The number of hydrogen-bond donors (Lipinski definition) is 3. The molecule has 0 bridgehead atoms. The number of fused-ring (bicyclic) bond motifs is 1. The van der Waals surface area contributed by atoms with E-state index in [2.05, 4.69) is 60.8 Å². The summed E-state index contributed by atoms with van der Waals surface area (Å²) in [6, 6.07) is 2.63. The Morgan fingerprint density at radius 3 is 2.56 bits per heavy atom. The smallest absolute Gasteiger partial charge is 0.272 e. The number of H-pyrrole nitrogens is 1. The van der Waals surface area contributed by atoms with Gasteiger partial charge in [-0.3, -0.25) is 9.89 Å². The Hall–Kier alpha value is -3.66. The molecule has 36 heavy (non-hydrogen) atoms. The molecule has 0 radical (unpaired) electrons. The average molecular weight is 488 g/mol. The van der Waals surface area contributed by atoms with Crippen molar-refractivity contribution >= 4 is 11.6 Å². The third kappa shape index (κ3) is 4.99. The molecule has 0 atom stereocenters. The maximum absolute atomic E-state index is 13.3. The van der Waals surface area contributed by atoms with Crippen molar-refractivity contribution < 1.29 is 4.79 Å². The number of carbonyl (C=O) groups is 1. The zero-order valence-corrected chi connectivity index (χ0v) is 21.2. The van der Waals surface area contributed by atoms with Crippen LogP contribution in [0.3, 0.4) is 0 Å². The second kappa shape index (κ2) is 10.1. The van der Waals surface area contributed by atoms with Crippen LogP contribution in [-0.2, 0) is 6.54 Å². The molecule has 1 amide bonds. The van der Waals surface area contributed by atoms with Gasteiger partial charge in [0.15, 0.2) is 11.3 Å². The fraction of sp³-hybridized carbons (Fsp3) is 0.462. The van der Waals surface area contributed by atoms with Gasteiger partial charge in [-0.1, -0.05) is 13.8 Å². The Labute approximate surface area is 210 Å². The van der Waals surface area contributed by atoms with Gasteiger partial charge in [-0.05, 0) is 57.1 Å². The number of rotatable bonds is 7. The molecule has 4 aromatic heterocycles. The lowest BCUT2D eigenvalue weighted by Gasteiger charge is -2.29. The van der Waals surface area contributed by atoms with E-state index in [9.17, 15) is 4.79 Å². The lowest BCUT2D eigenvalue weighted by molar-refractivity contribution is 0.0917. The zero-order chi connectivity index (χ0) is 25.2. The van der Waals surface area contributed by atoms with E-state index >= 15 is 0 Å². The molecular formula is C26H33N9O. The monoisotopic (exact) mass is 487 g/mol. The van der Waals surface area contributed by atoms with Crippen molar-refractivity contribution in [3.63, 3.8) is 0 Å². The van der Waals surface area contributed by atoms with Crippen LogP contribution in [0.5, 0.6) is 0 Å². The molecule has 4 aromatic rings. The quantitative estimate of drug-likeness (QED) is 0.364. The summed E-state index contributed by atoms with van der Waals surface area (Å²) in [7, 11) is 0. The first kappa shape index (κ1) is 24.1. The van der Waals surface area contributed by atoms with Crippen LogP contribution in [-0.4, -0.2) is 52.8 Å². The second-order valence-electron chi connectivity index (χ2n) is 10.00. The number of carbonyl (C=O) groups excluding carboxylic acids is 1. The predicted octanol–water partition coefficient (Wildman–Crippen LogP) is 3.48. The number of pyridine rings is 1. The number of aryl methyl sites for hydroxylation is 2. The average Bonchev–Trinajstić information content (AvgIpc) is 3.52. The van der Waals surface area contributed by atoms with Crippen molar-refractivity contribution in [3.05, 3.63) is 59.2 Å². The Kier molecular flexibility index (Phi) is 6.77. The molecule has 3 N–H and O–H groups in total. The van der Waals surface area contributed by atoms with Gasteiger partial charge in [0, 0.05) is 53.9 Å². The maximum Gasteiger partial charge on any atom is 0.272 e. The lowest BCUT2D eigenvalue weighted by Crippen LogP contribution is -2.42. The first-order valence-corrected chi connectivity index (χ1v) is 12.6. The van der Waals surface area contributed by atoms with Crippen LogP contribution in [0.25, 0.3) is 16.9 Å². The van der Waals surface area contributed by atoms with Gasteiger partial charge in [0.25, 0.3) is 5.91 Å². The molecule has 0 unspecified atom stereocenters. The van der Waals surface area contributed by atoms with Gasteiger partial charge in [0.1, 0.15) is 12.2 Å². The number of aromatic amines is 1. The summed E-state index contributed by atoms with van der Waals surface area (Å²) in [5.74, 6) is 0.788. The van der Waals surface area contributed by atoms with Gasteiger partial charge in [0.05, 0.1) is 5.69 Å². The van der Waals surface area contributed by atoms with E-state index < -0.39 is 0 Å². The summed E-state index contributed by atoms with van der Waals surface area (Å²) in [5.41, 5.74) is 6.10. The Bertz CT molecular complexity index is 1350. The molecule has 0 aliphatic heterocycles. The highest BCUT2D eigenvalue weighted by Crippen LogP contribution is 2.31. The zero-order valence-electron chi connectivity index (χ0n) is 21.2. The van der Waals surface area contributed by atoms with Crippen LogP contribution < -0.4 is 10.6 Å². The van der Waals surface area contributed by atoms with Crippen LogP contribution in [0.2, 0.25) is 0 Å². The number of hydrogen-bond acceptors (Lipinski definition) is 7. The number of aromatic nitrogens is 7. The minimum absolute atomic E-state index is 0.118. The molecule has 1 saturated carbocycles. The van der Waals surface area contributed by atoms with E-state index in [0.717, 1.165) is 71.6 Å². The summed E-state index contributed by atoms with van der Waals surface area (Å²) in [6.07, 6.45) is 11.1. The maximum atomic E-state index is 13.3. The number of nitrogens with zero attached hydrogens (tertiary/aromatic N) is 6. The number of nitrogens with one attached hydrogen (secondary N) is 3. The van der Waals surface area contributed by atoms with Crippen molar-refractivity contribution in [2.45, 2.75) is 77.9 Å². The second-order valence-corrected chi connectivity index (χ2v) is 10.00. The molecule has 0 aromatic carbocycles. The molecule has 0 saturated heterocycles. The minimum Gasteiger partial charge on any atom is -0.348 e. The van der Waals surface area contributed by atoms with Crippen molar-refractivity contribution in [3.8, 4) is 11.3 Å². The van der Waals surface area contributed by atoms with E-state index in [1.165, 1.54) is 0 Å². The third-order valence-corrected chi connectivity index (χ3v) is 6.94. The molecule has 10 nitrogen and oxygen atoms in total. The molecule has 1 aliphatic carbocycles. The fourth-order valence-electron chi connectivity index (χ4n) is 5.00. The van der Waals surface area contributed by atoms with Gasteiger partial charge in [-0.25, -0.2) is 19.5 Å². The van der Waals surface area contributed by atoms with Gasteiger partial charge in [0.2, 0.25) is 0 Å². The van der Waals surface area contributed by atoms with E-state index in [0.29, 0.717) is 11.7 Å². The van der Waals surface area contributed by atoms with Crippen molar-refractivity contribution in [1.82, 2.24) is 45.4 Å². The van der Waals surface area contributed by atoms with Gasteiger partial charge < -0.3 is 10.6 Å². The summed E-state index contributed by atoms with van der Waals surface area (Å²) in [5, 5.41) is 18.7. The van der Waals surface area contributed by atoms with Crippen LogP contribution in [0, 0.1) is 13.8 Å². The van der Waals surface area contributed by atoms with Crippen molar-refractivity contribution in [1.29, 1.82) is 0 Å². The molecule has 0 spiro atoms. The molecule has 1 aliphatic rings. The van der Waals surface area contributed by atoms with Crippen molar-refractivity contribution in [2.75, 3.05) is 0 Å². The van der Waals surface area contributed by atoms with E-state index in [1.807, 2.05) is 32.4 Å². The Balaban J connectivity index is 1.23. The summed E-state index contributed by atoms with van der Waals surface area (Å²) < 4.78 is 1.76. The standard InChI is InChI=1S/C26H33N9O/c1-15(2)22-23(19-9-16(3)25-30-14-31-35(25)13-19)33-34-24(22)26(36)32-21-7-5-20(6-8-21)29-12-18-10-27-17(4)28-11-18/h9-11,13-15,20-21,29H,5-8,12H2,1-4H3,(H,32,36)(H,33,34)/t20-,21-. The SMILES string of the molecule is Cc1ncc(CN[C@H]2CC[C@H](NC(=O)c3n[nH]c(-c4cc(C)c5ncnn5c4)c3C(C)C)CC2)cn1. The van der Waals surface area contributed by atoms with E-state index in [4.69, 9.17) is 0 Å².